The lowest BCUT2D eigenvalue weighted by Gasteiger charge is -2.25. The van der Waals surface area contributed by atoms with Gasteiger partial charge in [0.05, 0.1) is 6.10 Å². The molecule has 1 heterocycles. The summed E-state index contributed by atoms with van der Waals surface area (Å²) in [6.45, 7) is 4.21. The molecule has 0 saturated carbocycles. The summed E-state index contributed by atoms with van der Waals surface area (Å²) in [5.74, 6) is 0. The molecule has 2 N–H and O–H groups in total. The first kappa shape index (κ1) is 12.0. The summed E-state index contributed by atoms with van der Waals surface area (Å²) in [4.78, 5) is 0. The first-order valence-electron chi connectivity index (χ1n) is 5.87. The van der Waals surface area contributed by atoms with Crippen molar-refractivity contribution in [1.29, 1.82) is 0 Å². The average Bonchev–Trinajstić information content (AvgIpc) is 2.20. The number of hydrogen-bond donors (Lipinski definition) is 2. The standard InChI is InChI=1S/C11H23NO2/c1-2-3-4-5-11(13)14-10-6-8-12-9-7-10/h10-13H,2-9H2,1H3. The average molecular weight is 201 g/mol. The van der Waals surface area contributed by atoms with Crippen LogP contribution in [0.25, 0.3) is 0 Å². The van der Waals surface area contributed by atoms with Crippen LogP contribution in [0.3, 0.4) is 0 Å². The minimum Gasteiger partial charge on any atom is -0.368 e. The van der Waals surface area contributed by atoms with Crippen LogP contribution in [0.1, 0.15) is 45.4 Å². The Hall–Kier alpha value is -0.120. The Kier molecular flexibility index (Phi) is 6.15. The number of rotatable bonds is 6. The van der Waals surface area contributed by atoms with E-state index < -0.39 is 6.29 Å². The Labute approximate surface area is 86.8 Å². The number of hydrogen-bond acceptors (Lipinski definition) is 3. The first-order chi connectivity index (χ1) is 6.83. The molecule has 0 amide bonds. The molecule has 1 atom stereocenters. The van der Waals surface area contributed by atoms with Crippen molar-refractivity contribution in [1.82, 2.24) is 5.32 Å². The quantitative estimate of drug-likeness (QED) is 0.507. The van der Waals surface area contributed by atoms with E-state index in [9.17, 15) is 5.11 Å². The maximum atomic E-state index is 9.59. The zero-order valence-corrected chi connectivity index (χ0v) is 9.17. The summed E-state index contributed by atoms with van der Waals surface area (Å²) in [6, 6.07) is 0. The molecule has 0 aromatic heterocycles. The number of aliphatic hydroxyl groups excluding tert-OH is 1. The largest absolute Gasteiger partial charge is 0.368 e. The maximum absolute atomic E-state index is 9.59. The topological polar surface area (TPSA) is 41.5 Å². The van der Waals surface area contributed by atoms with Crippen molar-refractivity contribution in [2.45, 2.75) is 57.8 Å². The third-order valence-corrected chi connectivity index (χ3v) is 2.69. The summed E-state index contributed by atoms with van der Waals surface area (Å²) in [7, 11) is 0. The van der Waals surface area contributed by atoms with Crippen LogP contribution < -0.4 is 5.32 Å². The van der Waals surface area contributed by atoms with Crippen molar-refractivity contribution in [3.63, 3.8) is 0 Å². The highest BCUT2D eigenvalue weighted by atomic mass is 16.6. The maximum Gasteiger partial charge on any atom is 0.154 e. The fourth-order valence-electron chi connectivity index (χ4n) is 1.79. The summed E-state index contributed by atoms with van der Waals surface area (Å²) >= 11 is 0. The van der Waals surface area contributed by atoms with Crippen LogP contribution in [0.2, 0.25) is 0 Å². The Balaban J connectivity index is 2.03. The molecule has 1 aliphatic rings. The molecule has 0 aromatic carbocycles. The predicted octanol–water partition coefficient (Wildman–Crippen LogP) is 1.65. The first-order valence-corrected chi connectivity index (χ1v) is 5.87. The third-order valence-electron chi connectivity index (χ3n) is 2.69. The lowest BCUT2D eigenvalue weighted by Crippen LogP contribution is -2.34. The van der Waals surface area contributed by atoms with Gasteiger partial charge >= 0.3 is 0 Å². The minimum atomic E-state index is -0.537. The molecule has 14 heavy (non-hydrogen) atoms. The lowest BCUT2D eigenvalue weighted by molar-refractivity contribution is -0.145. The van der Waals surface area contributed by atoms with E-state index in [0.29, 0.717) is 0 Å². The zero-order chi connectivity index (χ0) is 10.2. The van der Waals surface area contributed by atoms with Gasteiger partial charge < -0.3 is 15.2 Å². The molecule has 3 nitrogen and oxygen atoms in total. The van der Waals surface area contributed by atoms with Crippen LogP contribution in [0.4, 0.5) is 0 Å². The molecule has 0 aliphatic carbocycles. The van der Waals surface area contributed by atoms with Crippen LogP contribution in [-0.4, -0.2) is 30.6 Å². The molecule has 1 unspecified atom stereocenters. The summed E-state index contributed by atoms with van der Waals surface area (Å²) < 4.78 is 5.55. The van der Waals surface area contributed by atoms with E-state index in [2.05, 4.69) is 12.2 Å². The highest BCUT2D eigenvalue weighted by molar-refractivity contribution is 4.68. The van der Waals surface area contributed by atoms with Gasteiger partial charge in [-0.05, 0) is 38.8 Å². The van der Waals surface area contributed by atoms with Crippen molar-refractivity contribution < 1.29 is 9.84 Å². The monoisotopic (exact) mass is 201 g/mol. The van der Waals surface area contributed by atoms with Crippen LogP contribution in [-0.2, 0) is 4.74 Å². The molecule has 0 aromatic rings. The lowest BCUT2D eigenvalue weighted by atomic mass is 10.1. The van der Waals surface area contributed by atoms with E-state index >= 15 is 0 Å². The number of unbranched alkanes of at least 4 members (excludes halogenated alkanes) is 2. The van der Waals surface area contributed by atoms with E-state index in [1.54, 1.807) is 0 Å². The van der Waals surface area contributed by atoms with Gasteiger partial charge in [-0.2, -0.15) is 0 Å². The highest BCUT2D eigenvalue weighted by Crippen LogP contribution is 2.12. The molecular formula is C11H23NO2. The normalized spacial score (nSPS) is 21.0. The Morgan fingerprint density at radius 1 is 1.36 bits per heavy atom. The second kappa shape index (κ2) is 7.21. The molecular weight excluding hydrogens is 178 g/mol. The van der Waals surface area contributed by atoms with Crippen molar-refractivity contribution >= 4 is 0 Å². The van der Waals surface area contributed by atoms with Crippen molar-refractivity contribution in [3.8, 4) is 0 Å². The molecule has 1 fully saturated rings. The van der Waals surface area contributed by atoms with E-state index in [1.807, 2.05) is 0 Å². The Bertz CT molecular complexity index is 135. The van der Waals surface area contributed by atoms with Crippen LogP contribution in [0.5, 0.6) is 0 Å². The van der Waals surface area contributed by atoms with Crippen molar-refractivity contribution in [2.75, 3.05) is 13.1 Å². The van der Waals surface area contributed by atoms with Crippen LogP contribution >= 0.6 is 0 Å². The Morgan fingerprint density at radius 2 is 2.07 bits per heavy atom. The SMILES string of the molecule is CCCCCC(O)OC1CCNCC1. The third kappa shape index (κ3) is 4.94. The van der Waals surface area contributed by atoms with Gasteiger partial charge in [-0.3, -0.25) is 0 Å². The fraction of sp³-hybridized carbons (Fsp3) is 1.00. The number of nitrogens with one attached hydrogen (secondary N) is 1. The second-order valence-corrected chi connectivity index (χ2v) is 4.04. The van der Waals surface area contributed by atoms with Crippen molar-refractivity contribution in [3.05, 3.63) is 0 Å². The van der Waals surface area contributed by atoms with E-state index in [0.717, 1.165) is 38.8 Å². The van der Waals surface area contributed by atoms with Gasteiger partial charge in [-0.15, -0.1) is 0 Å². The molecule has 1 saturated heterocycles. The van der Waals surface area contributed by atoms with Gasteiger partial charge in [0.15, 0.2) is 6.29 Å². The van der Waals surface area contributed by atoms with Gasteiger partial charge in [0.2, 0.25) is 0 Å². The molecule has 0 bridgehead atoms. The molecule has 0 spiro atoms. The molecule has 1 aliphatic heterocycles. The van der Waals surface area contributed by atoms with Gasteiger partial charge in [0, 0.05) is 0 Å². The molecule has 84 valence electrons. The van der Waals surface area contributed by atoms with Crippen LogP contribution in [0.15, 0.2) is 0 Å². The van der Waals surface area contributed by atoms with Crippen LogP contribution in [0, 0.1) is 0 Å². The summed E-state index contributed by atoms with van der Waals surface area (Å²) in [5.41, 5.74) is 0. The minimum absolute atomic E-state index is 0.271. The van der Waals surface area contributed by atoms with Gasteiger partial charge in [0.25, 0.3) is 0 Å². The summed E-state index contributed by atoms with van der Waals surface area (Å²) in [6.07, 6.45) is 6.04. The summed E-state index contributed by atoms with van der Waals surface area (Å²) in [5, 5.41) is 12.9. The van der Waals surface area contributed by atoms with Gasteiger partial charge in [-0.1, -0.05) is 19.8 Å². The Morgan fingerprint density at radius 3 is 2.71 bits per heavy atom. The highest BCUT2D eigenvalue weighted by Gasteiger charge is 2.16. The number of ether oxygens (including phenoxy) is 1. The van der Waals surface area contributed by atoms with E-state index in [4.69, 9.17) is 4.74 Å². The van der Waals surface area contributed by atoms with Gasteiger partial charge in [0.1, 0.15) is 0 Å². The zero-order valence-electron chi connectivity index (χ0n) is 9.17. The fourth-order valence-corrected chi connectivity index (χ4v) is 1.79. The number of aliphatic hydroxyl groups is 1. The van der Waals surface area contributed by atoms with Crippen molar-refractivity contribution in [2.24, 2.45) is 0 Å². The van der Waals surface area contributed by atoms with E-state index in [-0.39, 0.29) is 6.10 Å². The molecule has 1 rings (SSSR count). The second-order valence-electron chi connectivity index (χ2n) is 4.04. The predicted molar refractivity (Wildman–Crippen MR) is 57.1 cm³/mol. The number of piperidine rings is 1. The molecule has 3 heteroatoms. The van der Waals surface area contributed by atoms with Gasteiger partial charge in [-0.25, -0.2) is 0 Å². The van der Waals surface area contributed by atoms with E-state index in [1.165, 1.54) is 12.8 Å². The molecule has 0 radical (unpaired) electrons. The smallest absolute Gasteiger partial charge is 0.154 e.